The van der Waals surface area contributed by atoms with Crippen molar-refractivity contribution in [1.82, 2.24) is 5.32 Å². The summed E-state index contributed by atoms with van der Waals surface area (Å²) in [7, 11) is 0. The molecule has 1 aliphatic heterocycles. The first-order valence-electron chi connectivity index (χ1n) is 6.84. The lowest BCUT2D eigenvalue weighted by Gasteiger charge is -2.17. The molecule has 1 fully saturated rings. The first kappa shape index (κ1) is 15.0. The highest BCUT2D eigenvalue weighted by Gasteiger charge is 2.32. The van der Waals surface area contributed by atoms with Crippen molar-refractivity contribution in [2.45, 2.75) is 39.2 Å². The third kappa shape index (κ3) is 4.30. The maximum absolute atomic E-state index is 11.2. The van der Waals surface area contributed by atoms with Crippen molar-refractivity contribution in [3.05, 3.63) is 29.8 Å². The first-order chi connectivity index (χ1) is 9.46. The molecule has 20 heavy (non-hydrogen) atoms. The van der Waals surface area contributed by atoms with Gasteiger partial charge in [-0.3, -0.25) is 4.79 Å². The largest absolute Gasteiger partial charge is 0.348 e. The van der Waals surface area contributed by atoms with Gasteiger partial charge in [-0.25, -0.2) is 0 Å². The number of nitrogens with one attached hydrogen (secondary N) is 2. The van der Waals surface area contributed by atoms with Gasteiger partial charge in [-0.1, -0.05) is 18.2 Å². The van der Waals surface area contributed by atoms with Crippen LogP contribution in [0.15, 0.2) is 24.3 Å². The second-order valence-electron chi connectivity index (χ2n) is 5.42. The van der Waals surface area contributed by atoms with Gasteiger partial charge in [0.05, 0.1) is 12.7 Å². The highest BCUT2D eigenvalue weighted by molar-refractivity contribution is 5.89. The van der Waals surface area contributed by atoms with Gasteiger partial charge in [0.1, 0.15) is 0 Å². The monoisotopic (exact) mass is 278 g/mol. The fourth-order valence-corrected chi connectivity index (χ4v) is 2.22. The Bertz CT molecular complexity index is 474. The number of para-hydroxylation sites is 1. The molecule has 1 saturated heterocycles. The molecule has 0 saturated carbocycles. The number of amides is 1. The topological polar surface area (TPSA) is 59.6 Å². The lowest BCUT2D eigenvalue weighted by molar-refractivity contribution is -0.137. The van der Waals surface area contributed by atoms with Crippen molar-refractivity contribution in [3.8, 4) is 0 Å². The summed E-state index contributed by atoms with van der Waals surface area (Å²) in [4.78, 5) is 11.2. The molecular weight excluding hydrogens is 256 g/mol. The highest BCUT2D eigenvalue weighted by Crippen LogP contribution is 2.22. The first-order valence-corrected chi connectivity index (χ1v) is 6.84. The molecule has 2 N–H and O–H groups in total. The van der Waals surface area contributed by atoms with Gasteiger partial charge in [0.15, 0.2) is 5.79 Å². The summed E-state index contributed by atoms with van der Waals surface area (Å²) in [6.45, 7) is 7.34. The molecule has 1 unspecified atom stereocenters. The summed E-state index contributed by atoms with van der Waals surface area (Å²) in [5.41, 5.74) is 1.90. The number of hydrogen-bond acceptors (Lipinski definition) is 4. The molecule has 0 spiro atoms. The molecular formula is C15H22N2O3. The molecule has 0 bridgehead atoms. The van der Waals surface area contributed by atoms with E-state index in [1.165, 1.54) is 6.92 Å². The zero-order valence-corrected chi connectivity index (χ0v) is 12.2. The van der Waals surface area contributed by atoms with Gasteiger partial charge in [0.25, 0.3) is 0 Å². The standard InChI is InChI=1S/C15H22N2O3/c1-11(18)17-14-7-5-4-6-12(14)8-16-9-13-10-19-15(2,3)20-13/h4-7,13,16H,8-10H2,1-3H3,(H,17,18). The maximum Gasteiger partial charge on any atom is 0.221 e. The zero-order chi connectivity index (χ0) is 14.6. The van der Waals surface area contributed by atoms with Crippen molar-refractivity contribution in [3.63, 3.8) is 0 Å². The average Bonchev–Trinajstić information content (AvgIpc) is 2.70. The molecule has 0 aliphatic carbocycles. The van der Waals surface area contributed by atoms with E-state index in [4.69, 9.17) is 9.47 Å². The average molecular weight is 278 g/mol. The highest BCUT2D eigenvalue weighted by atomic mass is 16.7. The van der Waals surface area contributed by atoms with Crippen molar-refractivity contribution < 1.29 is 14.3 Å². The van der Waals surface area contributed by atoms with E-state index in [1.807, 2.05) is 38.1 Å². The normalized spacial score (nSPS) is 20.9. The number of carbonyl (C=O) groups excluding carboxylic acids is 1. The zero-order valence-electron chi connectivity index (χ0n) is 12.2. The molecule has 110 valence electrons. The Morgan fingerprint density at radius 2 is 2.15 bits per heavy atom. The Hall–Kier alpha value is -1.43. The smallest absolute Gasteiger partial charge is 0.221 e. The summed E-state index contributed by atoms with van der Waals surface area (Å²) in [5.74, 6) is -0.549. The maximum atomic E-state index is 11.2. The van der Waals surface area contributed by atoms with Crippen LogP contribution in [0.25, 0.3) is 0 Å². The molecule has 1 heterocycles. The van der Waals surface area contributed by atoms with Gasteiger partial charge >= 0.3 is 0 Å². The second kappa shape index (κ2) is 6.35. The van der Waals surface area contributed by atoms with Crippen molar-refractivity contribution in [1.29, 1.82) is 0 Å². The molecule has 2 rings (SSSR count). The molecule has 0 aromatic heterocycles. The van der Waals surface area contributed by atoms with Crippen LogP contribution in [-0.2, 0) is 20.8 Å². The number of anilines is 1. The van der Waals surface area contributed by atoms with E-state index in [9.17, 15) is 4.79 Å². The predicted octanol–water partition coefficient (Wildman–Crippen LogP) is 1.89. The molecule has 1 aliphatic rings. The Balaban J connectivity index is 1.84. The van der Waals surface area contributed by atoms with Crippen molar-refractivity contribution in [2.75, 3.05) is 18.5 Å². The van der Waals surface area contributed by atoms with Gasteiger partial charge in [-0.15, -0.1) is 0 Å². The van der Waals surface area contributed by atoms with Gasteiger partial charge in [0.2, 0.25) is 5.91 Å². The fraction of sp³-hybridized carbons (Fsp3) is 0.533. The number of benzene rings is 1. The summed E-state index contributed by atoms with van der Waals surface area (Å²) in [6.07, 6.45) is 0.0675. The molecule has 5 heteroatoms. The van der Waals surface area contributed by atoms with Crippen molar-refractivity contribution >= 4 is 11.6 Å². The molecule has 1 aromatic rings. The SMILES string of the molecule is CC(=O)Nc1ccccc1CNCC1COC(C)(C)O1. The second-order valence-corrected chi connectivity index (χ2v) is 5.42. The molecule has 5 nitrogen and oxygen atoms in total. The lowest BCUT2D eigenvalue weighted by Crippen LogP contribution is -2.30. The van der Waals surface area contributed by atoms with Crippen LogP contribution in [0.5, 0.6) is 0 Å². The van der Waals surface area contributed by atoms with Crippen molar-refractivity contribution in [2.24, 2.45) is 0 Å². The lowest BCUT2D eigenvalue weighted by atomic mass is 10.1. The van der Waals surface area contributed by atoms with Crippen LogP contribution in [0.2, 0.25) is 0 Å². The fourth-order valence-electron chi connectivity index (χ4n) is 2.22. The minimum absolute atomic E-state index is 0.0632. The van der Waals surface area contributed by atoms with E-state index in [0.29, 0.717) is 13.2 Å². The van der Waals surface area contributed by atoms with Gasteiger partial charge in [-0.05, 0) is 25.5 Å². The quantitative estimate of drug-likeness (QED) is 0.863. The minimum atomic E-state index is -0.486. The van der Waals surface area contributed by atoms with Crippen LogP contribution in [0, 0.1) is 0 Å². The molecule has 1 amide bonds. The molecule has 0 radical (unpaired) electrons. The van der Waals surface area contributed by atoms with Gasteiger partial charge < -0.3 is 20.1 Å². The number of rotatable bonds is 5. The van der Waals surface area contributed by atoms with Gasteiger partial charge in [-0.2, -0.15) is 0 Å². The minimum Gasteiger partial charge on any atom is -0.348 e. The number of ether oxygens (including phenoxy) is 2. The van der Waals surface area contributed by atoms with Gasteiger partial charge in [0, 0.05) is 25.7 Å². The predicted molar refractivity (Wildman–Crippen MR) is 77.4 cm³/mol. The van der Waals surface area contributed by atoms with Crippen LogP contribution in [0.4, 0.5) is 5.69 Å². The summed E-state index contributed by atoms with van der Waals surface area (Å²) in [5, 5.41) is 6.17. The third-order valence-corrected chi connectivity index (χ3v) is 3.08. The third-order valence-electron chi connectivity index (χ3n) is 3.08. The van der Waals surface area contributed by atoms with E-state index in [2.05, 4.69) is 10.6 Å². The van der Waals surface area contributed by atoms with E-state index < -0.39 is 5.79 Å². The molecule has 1 atom stereocenters. The number of carbonyl (C=O) groups is 1. The Morgan fingerprint density at radius 1 is 1.40 bits per heavy atom. The Labute approximate surface area is 119 Å². The Morgan fingerprint density at radius 3 is 2.80 bits per heavy atom. The number of hydrogen-bond donors (Lipinski definition) is 2. The van der Waals surface area contributed by atoms with Crippen LogP contribution in [-0.4, -0.2) is 30.9 Å². The van der Waals surface area contributed by atoms with Crippen LogP contribution < -0.4 is 10.6 Å². The Kier molecular flexibility index (Phi) is 4.75. The van der Waals surface area contributed by atoms with E-state index in [1.54, 1.807) is 0 Å². The van der Waals surface area contributed by atoms with Crippen LogP contribution in [0.1, 0.15) is 26.3 Å². The summed E-state index contributed by atoms with van der Waals surface area (Å²) >= 11 is 0. The summed E-state index contributed by atoms with van der Waals surface area (Å²) in [6, 6.07) is 7.76. The summed E-state index contributed by atoms with van der Waals surface area (Å²) < 4.78 is 11.2. The van der Waals surface area contributed by atoms with Crippen LogP contribution >= 0.6 is 0 Å². The van der Waals surface area contributed by atoms with Crippen LogP contribution in [0.3, 0.4) is 0 Å². The van der Waals surface area contributed by atoms with E-state index in [0.717, 1.165) is 17.8 Å². The molecule has 1 aromatic carbocycles. The van der Waals surface area contributed by atoms with E-state index >= 15 is 0 Å². The van der Waals surface area contributed by atoms with E-state index in [-0.39, 0.29) is 12.0 Å².